The summed E-state index contributed by atoms with van der Waals surface area (Å²) >= 11 is 0. The van der Waals surface area contributed by atoms with E-state index in [4.69, 9.17) is 0 Å². The van der Waals surface area contributed by atoms with Crippen molar-refractivity contribution in [3.8, 4) is 61.3 Å². The molecule has 0 bridgehead atoms. The maximum atomic E-state index is 2.44. The monoisotopic (exact) mass is 890 g/mol. The fraction of sp³-hybridized carbons (Fsp3) is 0. The van der Waals surface area contributed by atoms with Crippen LogP contribution in [-0.2, 0) is 0 Å². The van der Waals surface area contributed by atoms with E-state index in [1.165, 1.54) is 93.5 Å². The second kappa shape index (κ2) is 17.4. The van der Waals surface area contributed by atoms with E-state index in [2.05, 4.69) is 289 Å². The molecule has 0 spiro atoms. The number of hydrogen-bond donors (Lipinski definition) is 0. The molecule has 0 aliphatic carbocycles. The van der Waals surface area contributed by atoms with Crippen LogP contribution in [0.4, 0.5) is 17.1 Å². The molecule has 0 saturated heterocycles. The van der Waals surface area contributed by atoms with E-state index in [0.29, 0.717) is 0 Å². The topological polar surface area (TPSA) is 8.17 Å². The summed E-state index contributed by atoms with van der Waals surface area (Å²) in [5, 5.41) is 7.49. The Morgan fingerprint density at radius 1 is 0.243 bits per heavy atom. The molecule has 0 atom stereocenters. The summed E-state index contributed by atoms with van der Waals surface area (Å²) in [6.45, 7) is 0. The highest BCUT2D eigenvalue weighted by Crippen LogP contribution is 2.43. The molecule has 12 aromatic carbocycles. The number of benzene rings is 12. The zero-order valence-corrected chi connectivity index (χ0v) is 38.5. The van der Waals surface area contributed by atoms with Gasteiger partial charge in [-0.15, -0.1) is 0 Å². The number of fused-ring (bicyclic) bond motifs is 5. The largest absolute Gasteiger partial charge is 0.310 e. The van der Waals surface area contributed by atoms with Gasteiger partial charge in [-0.3, -0.25) is 0 Å². The van der Waals surface area contributed by atoms with Crippen molar-refractivity contribution in [1.82, 2.24) is 4.57 Å². The Morgan fingerprint density at radius 3 is 1.43 bits per heavy atom. The molecule has 0 unspecified atom stereocenters. The summed E-state index contributed by atoms with van der Waals surface area (Å²) in [4.78, 5) is 2.37. The Morgan fingerprint density at radius 2 is 0.700 bits per heavy atom. The molecule has 13 rings (SSSR count). The lowest BCUT2D eigenvalue weighted by Gasteiger charge is -2.26. The first kappa shape index (κ1) is 41.0. The summed E-state index contributed by atoms with van der Waals surface area (Å²) in [5.74, 6) is 0. The van der Waals surface area contributed by atoms with Crippen LogP contribution >= 0.6 is 0 Å². The molecule has 2 heteroatoms. The fourth-order valence-electron chi connectivity index (χ4n) is 10.6. The minimum Gasteiger partial charge on any atom is -0.310 e. The van der Waals surface area contributed by atoms with Gasteiger partial charge < -0.3 is 9.47 Å². The normalized spacial score (nSPS) is 11.4. The van der Waals surface area contributed by atoms with Crippen molar-refractivity contribution < 1.29 is 0 Å². The highest BCUT2D eigenvalue weighted by atomic mass is 15.1. The standard InChI is InChI=1S/C68H46N2/c1-2-15-47(16-3-1)49-37-41-57(42-38-49)69(58-43-39-50(40-44-58)48-33-35-53(36-34-48)61-28-12-19-51-17-4-6-25-60(51)61)59-24-11-22-55(46-59)54-21-10-23-56(45-54)63-29-14-32-67-68(63)64-27-8-9-30-66(64)70(67)65-31-13-20-52-18-5-7-26-62(52)65/h1-46H. The quantitative estimate of drug-likeness (QED) is 0.140. The van der Waals surface area contributed by atoms with Gasteiger partial charge in [-0.25, -0.2) is 0 Å². The lowest BCUT2D eigenvalue weighted by atomic mass is 9.95. The van der Waals surface area contributed by atoms with Gasteiger partial charge >= 0.3 is 0 Å². The van der Waals surface area contributed by atoms with Crippen molar-refractivity contribution in [3.05, 3.63) is 279 Å². The molecule has 0 saturated carbocycles. The van der Waals surface area contributed by atoms with Crippen LogP contribution in [0.25, 0.3) is 105 Å². The van der Waals surface area contributed by atoms with Crippen LogP contribution in [0.1, 0.15) is 0 Å². The molecule has 0 aliphatic heterocycles. The Kier molecular flexibility index (Phi) is 10.2. The molecule has 2 nitrogen and oxygen atoms in total. The number of aromatic nitrogens is 1. The van der Waals surface area contributed by atoms with Gasteiger partial charge in [0.05, 0.1) is 16.7 Å². The van der Waals surface area contributed by atoms with E-state index in [9.17, 15) is 0 Å². The van der Waals surface area contributed by atoms with Gasteiger partial charge in [0.15, 0.2) is 0 Å². The molecule has 0 aliphatic rings. The minimum absolute atomic E-state index is 1.09. The Labute approximate surface area is 408 Å². The van der Waals surface area contributed by atoms with E-state index < -0.39 is 0 Å². The summed E-state index contributed by atoms with van der Waals surface area (Å²) in [6.07, 6.45) is 0. The van der Waals surface area contributed by atoms with Crippen LogP contribution in [0.2, 0.25) is 0 Å². The molecule has 0 N–H and O–H groups in total. The number of anilines is 3. The van der Waals surface area contributed by atoms with Crippen LogP contribution in [-0.4, -0.2) is 4.57 Å². The average molecular weight is 891 g/mol. The lowest BCUT2D eigenvalue weighted by Crippen LogP contribution is -2.10. The molecule has 0 fully saturated rings. The summed E-state index contributed by atoms with van der Waals surface area (Å²) in [6, 6.07) is 102. The molecule has 70 heavy (non-hydrogen) atoms. The van der Waals surface area contributed by atoms with Crippen molar-refractivity contribution >= 4 is 60.4 Å². The highest BCUT2D eigenvalue weighted by molar-refractivity contribution is 6.16. The average Bonchev–Trinajstić information content (AvgIpc) is 3.78. The van der Waals surface area contributed by atoms with E-state index >= 15 is 0 Å². The van der Waals surface area contributed by atoms with Gasteiger partial charge in [0, 0.05) is 33.2 Å². The zero-order chi connectivity index (χ0) is 46.4. The van der Waals surface area contributed by atoms with Crippen molar-refractivity contribution in [2.75, 3.05) is 4.90 Å². The molecule has 0 radical (unpaired) electrons. The van der Waals surface area contributed by atoms with Crippen LogP contribution in [0.15, 0.2) is 279 Å². The lowest BCUT2D eigenvalue weighted by molar-refractivity contribution is 1.20. The van der Waals surface area contributed by atoms with Crippen LogP contribution in [0, 0.1) is 0 Å². The molecule has 1 heterocycles. The third-order valence-electron chi connectivity index (χ3n) is 14.0. The van der Waals surface area contributed by atoms with E-state index in [1.807, 2.05) is 0 Å². The Hall–Kier alpha value is -9.24. The third kappa shape index (κ3) is 7.31. The maximum Gasteiger partial charge on any atom is 0.0547 e. The first-order valence-electron chi connectivity index (χ1n) is 24.1. The second-order valence-electron chi connectivity index (χ2n) is 18.1. The number of nitrogens with zero attached hydrogens (tertiary/aromatic N) is 2. The molecule has 1 aromatic heterocycles. The van der Waals surface area contributed by atoms with Crippen LogP contribution < -0.4 is 4.90 Å². The molecule has 13 aromatic rings. The molecular formula is C68H46N2. The van der Waals surface area contributed by atoms with Crippen molar-refractivity contribution in [1.29, 1.82) is 0 Å². The summed E-state index contributed by atoms with van der Waals surface area (Å²) in [7, 11) is 0. The predicted octanol–water partition coefficient (Wildman–Crippen LogP) is 18.9. The highest BCUT2D eigenvalue weighted by Gasteiger charge is 2.19. The SMILES string of the molecule is c1ccc(-c2ccc(N(c3ccc(-c4ccc(-c5cccc6ccccc56)cc4)cc3)c3cccc(-c4cccc(-c5cccc6c5c5ccccc5n6-c5cccc6ccccc56)c4)c3)cc2)cc1. The van der Waals surface area contributed by atoms with Crippen molar-refractivity contribution in [2.24, 2.45) is 0 Å². The van der Waals surface area contributed by atoms with Gasteiger partial charge in [-0.05, 0) is 132 Å². The van der Waals surface area contributed by atoms with Gasteiger partial charge in [0.2, 0.25) is 0 Å². The Balaban J connectivity index is 0.876. The zero-order valence-electron chi connectivity index (χ0n) is 38.5. The van der Waals surface area contributed by atoms with Gasteiger partial charge in [-0.2, -0.15) is 0 Å². The van der Waals surface area contributed by atoms with E-state index in [1.54, 1.807) is 0 Å². The predicted molar refractivity (Wildman–Crippen MR) is 298 cm³/mol. The molecule has 0 amide bonds. The number of rotatable bonds is 9. The van der Waals surface area contributed by atoms with E-state index in [0.717, 1.165) is 28.2 Å². The summed E-state index contributed by atoms with van der Waals surface area (Å²) in [5.41, 5.74) is 18.8. The summed E-state index contributed by atoms with van der Waals surface area (Å²) < 4.78 is 2.44. The van der Waals surface area contributed by atoms with Crippen molar-refractivity contribution in [3.63, 3.8) is 0 Å². The third-order valence-corrected chi connectivity index (χ3v) is 14.0. The van der Waals surface area contributed by atoms with E-state index in [-0.39, 0.29) is 0 Å². The second-order valence-corrected chi connectivity index (χ2v) is 18.1. The van der Waals surface area contributed by atoms with Gasteiger partial charge in [-0.1, -0.05) is 218 Å². The first-order valence-corrected chi connectivity index (χ1v) is 24.1. The maximum absolute atomic E-state index is 2.44. The van der Waals surface area contributed by atoms with Gasteiger partial charge in [0.25, 0.3) is 0 Å². The smallest absolute Gasteiger partial charge is 0.0547 e. The number of hydrogen-bond acceptors (Lipinski definition) is 1. The molecule has 328 valence electrons. The van der Waals surface area contributed by atoms with Crippen LogP contribution in [0.5, 0.6) is 0 Å². The van der Waals surface area contributed by atoms with Crippen molar-refractivity contribution in [2.45, 2.75) is 0 Å². The van der Waals surface area contributed by atoms with Gasteiger partial charge in [0.1, 0.15) is 0 Å². The minimum atomic E-state index is 1.09. The number of para-hydroxylation sites is 1. The fourth-order valence-corrected chi connectivity index (χ4v) is 10.6. The molecular weight excluding hydrogens is 845 g/mol. The van der Waals surface area contributed by atoms with Crippen LogP contribution in [0.3, 0.4) is 0 Å². The Bertz CT molecular complexity index is 4020. The first-order chi connectivity index (χ1) is 34.7.